The molecule has 2 aromatic rings. The molecule has 0 saturated heterocycles. The number of aryl methyl sites for hydroxylation is 1. The summed E-state index contributed by atoms with van der Waals surface area (Å²) in [5, 5.41) is 10.9. The van der Waals surface area contributed by atoms with E-state index in [0.717, 1.165) is 12.4 Å². The normalized spacial score (nSPS) is 10.3. The van der Waals surface area contributed by atoms with E-state index in [-0.39, 0.29) is 0 Å². The number of nitrogens with one attached hydrogen (secondary N) is 1. The van der Waals surface area contributed by atoms with Crippen molar-refractivity contribution in [2.75, 3.05) is 11.1 Å². The first-order valence-corrected chi connectivity index (χ1v) is 4.97. The summed E-state index contributed by atoms with van der Waals surface area (Å²) in [6.45, 7) is 3.44. The van der Waals surface area contributed by atoms with E-state index in [1.807, 2.05) is 11.5 Å². The van der Waals surface area contributed by atoms with Gasteiger partial charge in [-0.15, -0.1) is 10.2 Å². The van der Waals surface area contributed by atoms with Gasteiger partial charge in [-0.25, -0.2) is 9.97 Å². The highest BCUT2D eigenvalue weighted by Gasteiger charge is 2.02. The van der Waals surface area contributed by atoms with Crippen LogP contribution >= 0.6 is 0 Å². The Kier molecular flexibility index (Phi) is 2.95. The van der Waals surface area contributed by atoms with Gasteiger partial charge >= 0.3 is 0 Å². The first kappa shape index (κ1) is 10.3. The highest BCUT2D eigenvalue weighted by Crippen LogP contribution is 2.06. The second kappa shape index (κ2) is 4.56. The largest absolute Gasteiger partial charge is 0.384 e. The van der Waals surface area contributed by atoms with E-state index in [1.165, 1.54) is 6.33 Å². The molecular formula is C9H13N7. The molecule has 0 spiro atoms. The summed E-state index contributed by atoms with van der Waals surface area (Å²) in [6, 6.07) is 1.67. The Hall–Kier alpha value is -2.18. The first-order chi connectivity index (χ1) is 7.79. The summed E-state index contributed by atoms with van der Waals surface area (Å²) in [7, 11) is 0. The van der Waals surface area contributed by atoms with E-state index >= 15 is 0 Å². The minimum absolute atomic E-state index is 0.439. The number of nitrogen functional groups attached to an aromatic ring is 1. The zero-order valence-electron chi connectivity index (χ0n) is 8.96. The third-order valence-electron chi connectivity index (χ3n) is 2.15. The average Bonchev–Trinajstić information content (AvgIpc) is 2.74. The van der Waals surface area contributed by atoms with Crippen LogP contribution in [-0.2, 0) is 13.1 Å². The van der Waals surface area contributed by atoms with Crippen molar-refractivity contribution in [3.63, 3.8) is 0 Å². The molecule has 84 valence electrons. The lowest BCUT2D eigenvalue weighted by Gasteiger charge is -2.05. The lowest BCUT2D eigenvalue weighted by molar-refractivity contribution is 0.707. The fraction of sp³-hybridized carbons (Fsp3) is 0.333. The van der Waals surface area contributed by atoms with Crippen molar-refractivity contribution in [2.45, 2.75) is 20.0 Å². The molecule has 0 saturated carbocycles. The number of hydrogen-bond donors (Lipinski definition) is 2. The molecule has 0 fully saturated rings. The Morgan fingerprint density at radius 1 is 1.44 bits per heavy atom. The minimum Gasteiger partial charge on any atom is -0.384 e. The van der Waals surface area contributed by atoms with Gasteiger partial charge in [-0.1, -0.05) is 0 Å². The third kappa shape index (κ3) is 2.25. The molecular weight excluding hydrogens is 206 g/mol. The van der Waals surface area contributed by atoms with Crippen molar-refractivity contribution in [3.8, 4) is 0 Å². The Balaban J connectivity index is 2.02. The highest BCUT2D eigenvalue weighted by molar-refractivity contribution is 5.43. The fourth-order valence-electron chi connectivity index (χ4n) is 1.32. The van der Waals surface area contributed by atoms with Gasteiger partial charge in [0.2, 0.25) is 0 Å². The van der Waals surface area contributed by atoms with Crippen LogP contribution in [0.2, 0.25) is 0 Å². The zero-order valence-corrected chi connectivity index (χ0v) is 8.96. The van der Waals surface area contributed by atoms with Gasteiger partial charge in [0.1, 0.15) is 24.3 Å². The quantitative estimate of drug-likeness (QED) is 0.767. The zero-order chi connectivity index (χ0) is 11.4. The van der Waals surface area contributed by atoms with E-state index in [2.05, 4.69) is 25.5 Å². The molecule has 0 unspecified atom stereocenters. The second-order valence-electron chi connectivity index (χ2n) is 3.21. The predicted octanol–water partition coefficient (Wildman–Crippen LogP) is 0.282. The topological polar surface area (TPSA) is 94.5 Å². The Morgan fingerprint density at radius 3 is 3.06 bits per heavy atom. The number of anilines is 2. The molecule has 0 radical (unpaired) electrons. The molecule has 2 rings (SSSR count). The molecule has 7 heteroatoms. The SMILES string of the molecule is CCn1cnnc1CNc1cc(N)ncn1. The molecule has 3 N–H and O–H groups in total. The molecule has 16 heavy (non-hydrogen) atoms. The van der Waals surface area contributed by atoms with Gasteiger partial charge in [-0.2, -0.15) is 0 Å². The first-order valence-electron chi connectivity index (χ1n) is 4.97. The lowest BCUT2D eigenvalue weighted by atomic mass is 10.5. The van der Waals surface area contributed by atoms with Crippen molar-refractivity contribution in [3.05, 3.63) is 24.5 Å². The van der Waals surface area contributed by atoms with Crippen LogP contribution in [0.4, 0.5) is 11.6 Å². The van der Waals surface area contributed by atoms with Gasteiger partial charge in [-0.3, -0.25) is 0 Å². The van der Waals surface area contributed by atoms with Crippen LogP contribution in [0.3, 0.4) is 0 Å². The predicted molar refractivity (Wildman–Crippen MR) is 59.5 cm³/mol. The monoisotopic (exact) mass is 219 g/mol. The standard InChI is InChI=1S/C9H13N7/c1-2-16-6-14-15-9(16)4-11-8-3-7(10)12-5-13-8/h3,5-6H,2,4H2,1H3,(H3,10,11,12,13). The summed E-state index contributed by atoms with van der Waals surface area (Å²) >= 11 is 0. The number of rotatable bonds is 4. The molecule has 0 amide bonds. The van der Waals surface area contributed by atoms with E-state index in [1.54, 1.807) is 12.4 Å². The van der Waals surface area contributed by atoms with E-state index < -0.39 is 0 Å². The molecule has 0 aromatic carbocycles. The number of nitrogens with zero attached hydrogens (tertiary/aromatic N) is 5. The van der Waals surface area contributed by atoms with Crippen LogP contribution in [-0.4, -0.2) is 24.7 Å². The minimum atomic E-state index is 0.439. The smallest absolute Gasteiger partial charge is 0.152 e. The molecule has 7 nitrogen and oxygen atoms in total. The fourth-order valence-corrected chi connectivity index (χ4v) is 1.32. The Morgan fingerprint density at radius 2 is 2.31 bits per heavy atom. The van der Waals surface area contributed by atoms with Crippen LogP contribution in [0, 0.1) is 0 Å². The molecule has 2 aromatic heterocycles. The molecule has 0 aliphatic rings. The van der Waals surface area contributed by atoms with Gasteiger partial charge in [0.05, 0.1) is 6.54 Å². The molecule has 0 bridgehead atoms. The maximum atomic E-state index is 5.54. The van der Waals surface area contributed by atoms with Crippen molar-refractivity contribution < 1.29 is 0 Å². The average molecular weight is 219 g/mol. The molecule has 0 aliphatic heterocycles. The van der Waals surface area contributed by atoms with Crippen molar-refractivity contribution in [1.82, 2.24) is 24.7 Å². The van der Waals surface area contributed by atoms with E-state index in [0.29, 0.717) is 18.2 Å². The van der Waals surface area contributed by atoms with Crippen molar-refractivity contribution >= 4 is 11.6 Å². The maximum Gasteiger partial charge on any atom is 0.152 e. The maximum absolute atomic E-state index is 5.54. The van der Waals surface area contributed by atoms with E-state index in [4.69, 9.17) is 5.73 Å². The number of aromatic nitrogens is 5. The third-order valence-corrected chi connectivity index (χ3v) is 2.15. The van der Waals surface area contributed by atoms with Crippen LogP contribution in [0.5, 0.6) is 0 Å². The van der Waals surface area contributed by atoms with Gasteiger partial charge in [0.25, 0.3) is 0 Å². The summed E-state index contributed by atoms with van der Waals surface area (Å²) in [5.41, 5.74) is 5.54. The summed E-state index contributed by atoms with van der Waals surface area (Å²) < 4.78 is 1.96. The highest BCUT2D eigenvalue weighted by atomic mass is 15.3. The van der Waals surface area contributed by atoms with Crippen molar-refractivity contribution in [2.24, 2.45) is 0 Å². The second-order valence-corrected chi connectivity index (χ2v) is 3.21. The van der Waals surface area contributed by atoms with Crippen LogP contribution in [0.15, 0.2) is 18.7 Å². The molecule has 0 atom stereocenters. The van der Waals surface area contributed by atoms with Gasteiger partial charge in [-0.05, 0) is 6.92 Å². The molecule has 0 aliphatic carbocycles. The van der Waals surface area contributed by atoms with Crippen molar-refractivity contribution in [1.29, 1.82) is 0 Å². The van der Waals surface area contributed by atoms with Crippen LogP contribution < -0.4 is 11.1 Å². The van der Waals surface area contributed by atoms with Crippen LogP contribution in [0.1, 0.15) is 12.7 Å². The van der Waals surface area contributed by atoms with Crippen LogP contribution in [0.25, 0.3) is 0 Å². The number of hydrogen-bond acceptors (Lipinski definition) is 6. The Bertz CT molecular complexity index is 464. The summed E-state index contributed by atoms with van der Waals surface area (Å²) in [5.74, 6) is 1.98. The lowest BCUT2D eigenvalue weighted by Crippen LogP contribution is -2.08. The van der Waals surface area contributed by atoms with E-state index in [9.17, 15) is 0 Å². The Labute approximate surface area is 92.7 Å². The molecule has 2 heterocycles. The van der Waals surface area contributed by atoms with Gasteiger partial charge in [0.15, 0.2) is 5.82 Å². The van der Waals surface area contributed by atoms with Gasteiger partial charge in [0, 0.05) is 12.6 Å². The number of nitrogens with two attached hydrogens (primary N) is 1. The summed E-state index contributed by atoms with van der Waals surface area (Å²) in [4.78, 5) is 7.85. The van der Waals surface area contributed by atoms with Gasteiger partial charge < -0.3 is 15.6 Å². The summed E-state index contributed by atoms with van der Waals surface area (Å²) in [6.07, 6.45) is 3.12.